The third kappa shape index (κ3) is 2.29. The predicted octanol–water partition coefficient (Wildman–Crippen LogP) is 2.28. The van der Waals surface area contributed by atoms with E-state index in [4.69, 9.17) is 0 Å². The van der Waals surface area contributed by atoms with Gasteiger partial charge in [0.1, 0.15) is 5.82 Å². The molecule has 2 aliphatic rings. The van der Waals surface area contributed by atoms with Crippen LogP contribution in [0.5, 0.6) is 0 Å². The predicted molar refractivity (Wildman–Crippen MR) is 71.0 cm³/mol. The largest absolute Gasteiger partial charge is 0.306 e. The standard InChI is InChI=1S/C15H21FN2/c1-17-8-6-13(7-9-17)18-10-5-12-3-2-4-15(16)14(12)11-18/h2-4,13H,5-11H2,1H3. The fourth-order valence-corrected chi connectivity index (χ4v) is 3.23. The van der Waals surface area contributed by atoms with Crippen LogP contribution in [0.2, 0.25) is 0 Å². The summed E-state index contributed by atoms with van der Waals surface area (Å²) in [4.78, 5) is 4.87. The zero-order valence-electron chi connectivity index (χ0n) is 11.0. The van der Waals surface area contributed by atoms with Gasteiger partial charge in [-0.15, -0.1) is 0 Å². The first kappa shape index (κ1) is 12.1. The molecular weight excluding hydrogens is 227 g/mol. The van der Waals surface area contributed by atoms with Gasteiger partial charge in [0, 0.05) is 24.7 Å². The summed E-state index contributed by atoms with van der Waals surface area (Å²) in [5.41, 5.74) is 2.14. The number of piperidine rings is 1. The average molecular weight is 248 g/mol. The van der Waals surface area contributed by atoms with Gasteiger partial charge in [0.2, 0.25) is 0 Å². The summed E-state index contributed by atoms with van der Waals surface area (Å²) >= 11 is 0. The van der Waals surface area contributed by atoms with Gasteiger partial charge in [-0.1, -0.05) is 12.1 Å². The molecule has 3 rings (SSSR count). The lowest BCUT2D eigenvalue weighted by atomic mass is 9.95. The Kier molecular flexibility index (Phi) is 3.35. The second kappa shape index (κ2) is 4.98. The second-order valence-electron chi connectivity index (χ2n) is 5.63. The number of nitrogens with zero attached hydrogens (tertiary/aromatic N) is 2. The summed E-state index contributed by atoms with van der Waals surface area (Å²) in [6, 6.07) is 6.15. The summed E-state index contributed by atoms with van der Waals surface area (Å²) in [5, 5.41) is 0. The molecule has 1 aromatic rings. The van der Waals surface area contributed by atoms with E-state index >= 15 is 0 Å². The lowest BCUT2D eigenvalue weighted by Crippen LogP contribution is -2.45. The van der Waals surface area contributed by atoms with Crippen molar-refractivity contribution in [3.8, 4) is 0 Å². The van der Waals surface area contributed by atoms with E-state index in [9.17, 15) is 4.39 Å². The van der Waals surface area contributed by atoms with Gasteiger partial charge in [0.05, 0.1) is 0 Å². The van der Waals surface area contributed by atoms with E-state index in [0.29, 0.717) is 6.04 Å². The van der Waals surface area contributed by atoms with E-state index in [1.807, 2.05) is 6.07 Å². The molecule has 1 saturated heterocycles. The molecule has 1 aromatic carbocycles. The molecule has 2 nitrogen and oxygen atoms in total. The molecule has 0 saturated carbocycles. The minimum Gasteiger partial charge on any atom is -0.306 e. The van der Waals surface area contributed by atoms with Crippen molar-refractivity contribution >= 4 is 0 Å². The van der Waals surface area contributed by atoms with Crippen molar-refractivity contribution in [1.82, 2.24) is 9.80 Å². The highest BCUT2D eigenvalue weighted by atomic mass is 19.1. The maximum atomic E-state index is 13.8. The van der Waals surface area contributed by atoms with Crippen molar-refractivity contribution in [1.29, 1.82) is 0 Å². The Morgan fingerprint density at radius 3 is 2.72 bits per heavy atom. The van der Waals surface area contributed by atoms with Crippen molar-refractivity contribution in [2.75, 3.05) is 26.7 Å². The van der Waals surface area contributed by atoms with Gasteiger partial charge in [-0.2, -0.15) is 0 Å². The molecule has 0 unspecified atom stereocenters. The molecule has 1 fully saturated rings. The molecule has 0 aliphatic carbocycles. The molecule has 0 bridgehead atoms. The quantitative estimate of drug-likeness (QED) is 0.752. The third-order valence-corrected chi connectivity index (χ3v) is 4.45. The smallest absolute Gasteiger partial charge is 0.127 e. The Labute approximate surface area is 108 Å². The van der Waals surface area contributed by atoms with E-state index in [2.05, 4.69) is 22.9 Å². The van der Waals surface area contributed by atoms with Crippen LogP contribution in [-0.4, -0.2) is 42.5 Å². The molecule has 0 amide bonds. The normalized spacial score (nSPS) is 23.0. The molecular formula is C15H21FN2. The molecule has 2 aliphatic heterocycles. The summed E-state index contributed by atoms with van der Waals surface area (Å²) in [7, 11) is 2.18. The Balaban J connectivity index is 1.73. The zero-order valence-corrected chi connectivity index (χ0v) is 11.0. The van der Waals surface area contributed by atoms with Gasteiger partial charge >= 0.3 is 0 Å². The first-order valence-corrected chi connectivity index (χ1v) is 6.93. The molecule has 98 valence electrons. The Morgan fingerprint density at radius 2 is 1.94 bits per heavy atom. The number of hydrogen-bond acceptors (Lipinski definition) is 2. The maximum absolute atomic E-state index is 13.8. The minimum absolute atomic E-state index is 0.0230. The number of benzene rings is 1. The van der Waals surface area contributed by atoms with Crippen LogP contribution >= 0.6 is 0 Å². The van der Waals surface area contributed by atoms with Crippen LogP contribution in [-0.2, 0) is 13.0 Å². The Bertz CT molecular complexity index is 425. The first-order chi connectivity index (χ1) is 8.74. The SMILES string of the molecule is CN1CCC(N2CCc3cccc(F)c3C2)CC1. The molecule has 0 atom stereocenters. The molecule has 18 heavy (non-hydrogen) atoms. The van der Waals surface area contributed by atoms with Gasteiger partial charge in [-0.3, -0.25) is 4.90 Å². The van der Waals surface area contributed by atoms with Crippen LogP contribution in [0.4, 0.5) is 4.39 Å². The lowest BCUT2D eigenvalue weighted by Gasteiger charge is -2.39. The van der Waals surface area contributed by atoms with E-state index < -0.39 is 0 Å². The fraction of sp³-hybridized carbons (Fsp3) is 0.600. The van der Waals surface area contributed by atoms with Crippen LogP contribution < -0.4 is 0 Å². The highest BCUT2D eigenvalue weighted by Gasteiger charge is 2.27. The van der Waals surface area contributed by atoms with E-state index in [-0.39, 0.29) is 5.82 Å². The van der Waals surface area contributed by atoms with E-state index in [1.54, 1.807) is 6.07 Å². The van der Waals surface area contributed by atoms with E-state index in [0.717, 1.165) is 25.1 Å². The first-order valence-electron chi connectivity index (χ1n) is 6.93. The Hall–Kier alpha value is -0.930. The fourth-order valence-electron chi connectivity index (χ4n) is 3.23. The molecule has 0 radical (unpaired) electrons. The van der Waals surface area contributed by atoms with Crippen LogP contribution in [0.1, 0.15) is 24.0 Å². The van der Waals surface area contributed by atoms with Gasteiger partial charge in [0.15, 0.2) is 0 Å². The lowest BCUT2D eigenvalue weighted by molar-refractivity contribution is 0.108. The van der Waals surface area contributed by atoms with Crippen LogP contribution in [0.3, 0.4) is 0 Å². The average Bonchev–Trinajstić information content (AvgIpc) is 2.40. The van der Waals surface area contributed by atoms with Crippen LogP contribution in [0, 0.1) is 5.82 Å². The molecule has 0 N–H and O–H groups in total. The summed E-state index contributed by atoms with van der Waals surface area (Å²) in [6.07, 6.45) is 3.44. The van der Waals surface area contributed by atoms with Crippen molar-refractivity contribution in [3.63, 3.8) is 0 Å². The monoisotopic (exact) mass is 248 g/mol. The highest BCUT2D eigenvalue weighted by molar-refractivity contribution is 5.30. The van der Waals surface area contributed by atoms with Crippen molar-refractivity contribution in [2.24, 2.45) is 0 Å². The zero-order chi connectivity index (χ0) is 12.5. The van der Waals surface area contributed by atoms with Crippen LogP contribution in [0.15, 0.2) is 18.2 Å². The van der Waals surface area contributed by atoms with Crippen LogP contribution in [0.25, 0.3) is 0 Å². The van der Waals surface area contributed by atoms with E-state index in [1.165, 1.54) is 31.5 Å². The summed E-state index contributed by atoms with van der Waals surface area (Å²) in [5.74, 6) is -0.0230. The molecule has 3 heteroatoms. The number of fused-ring (bicyclic) bond motifs is 1. The third-order valence-electron chi connectivity index (χ3n) is 4.45. The van der Waals surface area contributed by atoms with Crippen molar-refractivity contribution < 1.29 is 4.39 Å². The molecule has 0 aromatic heterocycles. The van der Waals surface area contributed by atoms with Gasteiger partial charge in [0.25, 0.3) is 0 Å². The van der Waals surface area contributed by atoms with Gasteiger partial charge in [-0.05, 0) is 51.0 Å². The molecule has 0 spiro atoms. The second-order valence-corrected chi connectivity index (χ2v) is 5.63. The topological polar surface area (TPSA) is 6.48 Å². The summed E-state index contributed by atoms with van der Waals surface area (Å²) in [6.45, 7) is 4.23. The number of rotatable bonds is 1. The number of halogens is 1. The van der Waals surface area contributed by atoms with Gasteiger partial charge in [-0.25, -0.2) is 4.39 Å². The summed E-state index contributed by atoms with van der Waals surface area (Å²) < 4.78 is 13.8. The maximum Gasteiger partial charge on any atom is 0.127 e. The van der Waals surface area contributed by atoms with Gasteiger partial charge < -0.3 is 4.90 Å². The minimum atomic E-state index is -0.0230. The highest BCUT2D eigenvalue weighted by Crippen LogP contribution is 2.26. The van der Waals surface area contributed by atoms with Crippen molar-refractivity contribution in [3.05, 3.63) is 35.1 Å². The number of hydrogen-bond donors (Lipinski definition) is 0. The number of likely N-dealkylation sites (tertiary alicyclic amines) is 1. The van der Waals surface area contributed by atoms with Crippen molar-refractivity contribution in [2.45, 2.75) is 31.8 Å². The Morgan fingerprint density at radius 1 is 1.17 bits per heavy atom. The molecule has 2 heterocycles.